The second-order valence-corrected chi connectivity index (χ2v) is 4.64. The lowest BCUT2D eigenvalue weighted by atomic mass is 10.2. The molecule has 1 amide bonds. The summed E-state index contributed by atoms with van der Waals surface area (Å²) in [7, 11) is 0. The van der Waals surface area contributed by atoms with Crippen molar-refractivity contribution in [2.24, 2.45) is 0 Å². The molecule has 0 unspecified atom stereocenters. The number of hydrogen-bond donors (Lipinski definition) is 1. The molecule has 0 spiro atoms. The van der Waals surface area contributed by atoms with Gasteiger partial charge in [-0.15, -0.1) is 0 Å². The summed E-state index contributed by atoms with van der Waals surface area (Å²) in [5.41, 5.74) is 0.505. The standard InChI is InChI=1S/C12H14BrNO3/c1-8(2)17-11(15)7-14-12(16)9-3-5-10(13)6-4-9/h3-6,8H,7H2,1-2H3,(H,14,16). The third-order valence-corrected chi connectivity index (χ3v) is 2.40. The minimum absolute atomic E-state index is 0.118. The molecular formula is C12H14BrNO3. The van der Waals surface area contributed by atoms with Crippen molar-refractivity contribution in [2.45, 2.75) is 20.0 Å². The highest BCUT2D eigenvalue weighted by Crippen LogP contribution is 2.10. The zero-order valence-corrected chi connectivity index (χ0v) is 11.3. The van der Waals surface area contributed by atoms with E-state index in [0.29, 0.717) is 5.56 Å². The SMILES string of the molecule is CC(C)OC(=O)CNC(=O)c1ccc(Br)cc1. The molecular weight excluding hydrogens is 286 g/mol. The lowest BCUT2D eigenvalue weighted by Gasteiger charge is -2.08. The van der Waals surface area contributed by atoms with Crippen LogP contribution in [0.25, 0.3) is 0 Å². The Labute approximate surface area is 108 Å². The van der Waals surface area contributed by atoms with E-state index < -0.39 is 5.97 Å². The first-order chi connectivity index (χ1) is 7.99. The van der Waals surface area contributed by atoms with E-state index in [0.717, 1.165) is 4.47 Å². The number of carbonyl (C=O) groups is 2. The number of rotatable bonds is 4. The first-order valence-electron chi connectivity index (χ1n) is 5.22. The molecule has 0 fully saturated rings. The van der Waals surface area contributed by atoms with E-state index in [1.807, 2.05) is 0 Å². The van der Waals surface area contributed by atoms with Gasteiger partial charge in [-0.1, -0.05) is 15.9 Å². The van der Waals surface area contributed by atoms with Crippen LogP contribution in [0.3, 0.4) is 0 Å². The maximum Gasteiger partial charge on any atom is 0.325 e. The summed E-state index contributed by atoms with van der Waals surface area (Å²) in [5.74, 6) is -0.733. The number of halogens is 1. The number of carbonyl (C=O) groups excluding carboxylic acids is 2. The lowest BCUT2D eigenvalue weighted by Crippen LogP contribution is -2.31. The van der Waals surface area contributed by atoms with Gasteiger partial charge in [-0.2, -0.15) is 0 Å². The number of nitrogens with one attached hydrogen (secondary N) is 1. The van der Waals surface area contributed by atoms with E-state index in [4.69, 9.17) is 4.74 Å². The molecule has 1 aromatic carbocycles. The molecule has 0 atom stereocenters. The molecule has 1 N–H and O–H groups in total. The maximum absolute atomic E-state index is 11.6. The van der Waals surface area contributed by atoms with Crippen LogP contribution < -0.4 is 5.32 Å². The molecule has 0 aliphatic heterocycles. The van der Waals surface area contributed by atoms with Gasteiger partial charge in [0, 0.05) is 10.0 Å². The summed E-state index contributed by atoms with van der Waals surface area (Å²) in [4.78, 5) is 22.8. The Morgan fingerprint density at radius 1 is 1.29 bits per heavy atom. The Kier molecular flexibility index (Phi) is 5.15. The lowest BCUT2D eigenvalue weighted by molar-refractivity contribution is -0.146. The molecule has 0 radical (unpaired) electrons. The van der Waals surface area contributed by atoms with Gasteiger partial charge in [-0.3, -0.25) is 9.59 Å². The largest absolute Gasteiger partial charge is 0.462 e. The molecule has 1 rings (SSSR count). The quantitative estimate of drug-likeness (QED) is 0.867. The third-order valence-electron chi connectivity index (χ3n) is 1.87. The molecule has 0 aliphatic carbocycles. The number of benzene rings is 1. The van der Waals surface area contributed by atoms with Crippen LogP contribution >= 0.6 is 15.9 Å². The summed E-state index contributed by atoms with van der Waals surface area (Å²) in [6.07, 6.45) is -0.174. The van der Waals surface area contributed by atoms with Crippen LogP contribution in [0.1, 0.15) is 24.2 Å². The number of ether oxygens (including phenoxy) is 1. The van der Waals surface area contributed by atoms with Crippen LogP contribution in [-0.4, -0.2) is 24.5 Å². The molecule has 0 saturated heterocycles. The van der Waals surface area contributed by atoms with Gasteiger partial charge in [0.15, 0.2) is 0 Å². The zero-order valence-electron chi connectivity index (χ0n) is 9.70. The summed E-state index contributed by atoms with van der Waals surface area (Å²) < 4.78 is 5.79. The van der Waals surface area contributed by atoms with Crippen LogP contribution in [-0.2, 0) is 9.53 Å². The highest BCUT2D eigenvalue weighted by atomic mass is 79.9. The van der Waals surface area contributed by atoms with Crippen molar-refractivity contribution in [3.8, 4) is 0 Å². The Hall–Kier alpha value is -1.36. The fourth-order valence-corrected chi connectivity index (χ4v) is 1.42. The number of hydrogen-bond acceptors (Lipinski definition) is 3. The molecule has 0 aromatic heterocycles. The van der Waals surface area contributed by atoms with Crippen molar-refractivity contribution < 1.29 is 14.3 Å². The predicted octanol–water partition coefficient (Wildman–Crippen LogP) is 2.13. The van der Waals surface area contributed by atoms with E-state index in [9.17, 15) is 9.59 Å². The van der Waals surface area contributed by atoms with Crippen LogP contribution in [0.15, 0.2) is 28.7 Å². The van der Waals surface area contributed by atoms with Crippen molar-refractivity contribution in [2.75, 3.05) is 6.54 Å². The van der Waals surface area contributed by atoms with Gasteiger partial charge in [0.2, 0.25) is 0 Å². The first kappa shape index (κ1) is 13.7. The second kappa shape index (κ2) is 6.39. The fraction of sp³-hybridized carbons (Fsp3) is 0.333. The second-order valence-electron chi connectivity index (χ2n) is 3.73. The summed E-state index contributed by atoms with van der Waals surface area (Å²) in [6, 6.07) is 6.88. The van der Waals surface area contributed by atoms with Gasteiger partial charge in [-0.05, 0) is 38.1 Å². The van der Waals surface area contributed by atoms with Crippen molar-refractivity contribution in [1.29, 1.82) is 0 Å². The molecule has 0 heterocycles. The Morgan fingerprint density at radius 3 is 2.41 bits per heavy atom. The van der Waals surface area contributed by atoms with Crippen molar-refractivity contribution in [3.05, 3.63) is 34.3 Å². The monoisotopic (exact) mass is 299 g/mol. The van der Waals surface area contributed by atoms with Gasteiger partial charge in [0.25, 0.3) is 5.91 Å². The minimum Gasteiger partial charge on any atom is -0.462 e. The highest BCUT2D eigenvalue weighted by molar-refractivity contribution is 9.10. The molecule has 0 bridgehead atoms. The zero-order chi connectivity index (χ0) is 12.8. The average molecular weight is 300 g/mol. The first-order valence-corrected chi connectivity index (χ1v) is 6.01. The van der Waals surface area contributed by atoms with Crippen LogP contribution in [0.4, 0.5) is 0 Å². The highest BCUT2D eigenvalue weighted by Gasteiger charge is 2.09. The summed E-state index contributed by atoms with van der Waals surface area (Å²) >= 11 is 3.28. The topological polar surface area (TPSA) is 55.4 Å². The van der Waals surface area contributed by atoms with Crippen molar-refractivity contribution >= 4 is 27.8 Å². The van der Waals surface area contributed by atoms with Gasteiger partial charge >= 0.3 is 5.97 Å². The minimum atomic E-state index is -0.439. The molecule has 17 heavy (non-hydrogen) atoms. The summed E-state index contributed by atoms with van der Waals surface area (Å²) in [5, 5.41) is 2.49. The average Bonchev–Trinajstić information content (AvgIpc) is 2.26. The molecule has 4 nitrogen and oxygen atoms in total. The van der Waals surface area contributed by atoms with Crippen LogP contribution in [0.2, 0.25) is 0 Å². The van der Waals surface area contributed by atoms with E-state index in [2.05, 4.69) is 21.2 Å². The van der Waals surface area contributed by atoms with E-state index >= 15 is 0 Å². The summed E-state index contributed by atoms with van der Waals surface area (Å²) in [6.45, 7) is 3.40. The molecule has 5 heteroatoms. The van der Waals surface area contributed by atoms with Crippen LogP contribution in [0.5, 0.6) is 0 Å². The number of amides is 1. The van der Waals surface area contributed by atoms with Gasteiger partial charge in [0.1, 0.15) is 6.54 Å². The van der Waals surface area contributed by atoms with E-state index in [-0.39, 0.29) is 18.6 Å². The molecule has 92 valence electrons. The molecule has 0 aliphatic rings. The fourth-order valence-electron chi connectivity index (χ4n) is 1.16. The van der Waals surface area contributed by atoms with Gasteiger partial charge < -0.3 is 10.1 Å². The normalized spacial score (nSPS) is 10.1. The molecule has 0 saturated carbocycles. The van der Waals surface area contributed by atoms with Crippen molar-refractivity contribution in [3.63, 3.8) is 0 Å². The van der Waals surface area contributed by atoms with Gasteiger partial charge in [-0.25, -0.2) is 0 Å². The Bertz CT molecular complexity index is 401. The number of esters is 1. The van der Waals surface area contributed by atoms with Crippen molar-refractivity contribution in [1.82, 2.24) is 5.32 Å². The van der Waals surface area contributed by atoms with E-state index in [1.165, 1.54) is 0 Å². The van der Waals surface area contributed by atoms with Crippen LogP contribution in [0, 0.1) is 0 Å². The predicted molar refractivity (Wildman–Crippen MR) is 67.7 cm³/mol. The Balaban J connectivity index is 2.45. The molecule has 1 aromatic rings. The smallest absolute Gasteiger partial charge is 0.325 e. The Morgan fingerprint density at radius 2 is 1.88 bits per heavy atom. The van der Waals surface area contributed by atoms with Gasteiger partial charge in [0.05, 0.1) is 6.10 Å². The third kappa shape index (κ3) is 4.99. The van der Waals surface area contributed by atoms with E-state index in [1.54, 1.807) is 38.1 Å². The maximum atomic E-state index is 11.6.